The number of carbonyl (C=O) groups excluding carboxylic acids is 1. The Labute approximate surface area is 176 Å². The van der Waals surface area contributed by atoms with Crippen LogP contribution in [0.5, 0.6) is 5.75 Å². The van der Waals surface area contributed by atoms with Gasteiger partial charge in [-0.25, -0.2) is 8.42 Å². The summed E-state index contributed by atoms with van der Waals surface area (Å²) < 4.78 is 31.4. The molecular formula is C21H26N2O4S2. The lowest BCUT2D eigenvalue weighted by atomic mass is 10.2. The molecule has 29 heavy (non-hydrogen) atoms. The number of carbonyl (C=O) groups is 1. The van der Waals surface area contributed by atoms with Crippen molar-refractivity contribution in [3.8, 4) is 5.75 Å². The molecule has 1 N–H and O–H groups in total. The molecule has 0 saturated heterocycles. The Morgan fingerprint density at radius 2 is 2.03 bits per heavy atom. The SMILES string of the molecule is Cc1cccc(CSCCNC(=O)[C@@H]2CCN(S(C)(=O)=O)c3ccccc3O2)c1. The summed E-state index contributed by atoms with van der Waals surface area (Å²) in [6, 6.07) is 15.3. The van der Waals surface area contributed by atoms with E-state index in [9.17, 15) is 13.2 Å². The van der Waals surface area contributed by atoms with E-state index < -0.39 is 16.1 Å². The van der Waals surface area contributed by atoms with Crippen molar-refractivity contribution in [2.45, 2.75) is 25.2 Å². The number of para-hydroxylation sites is 2. The molecule has 6 nitrogen and oxygen atoms in total. The van der Waals surface area contributed by atoms with Crippen LogP contribution in [0.4, 0.5) is 5.69 Å². The third-order valence-electron chi connectivity index (χ3n) is 4.59. The number of ether oxygens (including phenoxy) is 1. The van der Waals surface area contributed by atoms with E-state index in [0.717, 1.165) is 17.8 Å². The van der Waals surface area contributed by atoms with Crippen LogP contribution in [0.25, 0.3) is 0 Å². The number of hydrogen-bond acceptors (Lipinski definition) is 5. The van der Waals surface area contributed by atoms with Crippen LogP contribution in [0.3, 0.4) is 0 Å². The number of amides is 1. The average Bonchev–Trinajstić information content (AvgIpc) is 2.87. The first-order valence-corrected chi connectivity index (χ1v) is 12.5. The molecule has 1 aliphatic rings. The fourth-order valence-electron chi connectivity index (χ4n) is 3.21. The fourth-order valence-corrected chi connectivity index (χ4v) is 4.96. The monoisotopic (exact) mass is 434 g/mol. The number of thioether (sulfide) groups is 1. The summed E-state index contributed by atoms with van der Waals surface area (Å²) in [5.74, 6) is 1.88. The van der Waals surface area contributed by atoms with E-state index in [0.29, 0.717) is 24.4 Å². The van der Waals surface area contributed by atoms with E-state index >= 15 is 0 Å². The van der Waals surface area contributed by atoms with E-state index in [2.05, 4.69) is 30.4 Å². The molecule has 156 valence electrons. The Balaban J connectivity index is 1.52. The Hall–Kier alpha value is -2.19. The fraction of sp³-hybridized carbons (Fsp3) is 0.381. The lowest BCUT2D eigenvalue weighted by Gasteiger charge is -2.20. The molecular weight excluding hydrogens is 408 g/mol. The van der Waals surface area contributed by atoms with Gasteiger partial charge in [0.15, 0.2) is 6.10 Å². The zero-order valence-electron chi connectivity index (χ0n) is 16.6. The van der Waals surface area contributed by atoms with Crippen LogP contribution in [0, 0.1) is 6.92 Å². The van der Waals surface area contributed by atoms with E-state index in [4.69, 9.17) is 4.74 Å². The van der Waals surface area contributed by atoms with Gasteiger partial charge in [0.2, 0.25) is 10.0 Å². The van der Waals surface area contributed by atoms with Crippen molar-refractivity contribution in [3.05, 3.63) is 59.7 Å². The first-order chi connectivity index (χ1) is 13.8. The summed E-state index contributed by atoms with van der Waals surface area (Å²) in [7, 11) is -3.45. The van der Waals surface area contributed by atoms with Crippen LogP contribution in [0.15, 0.2) is 48.5 Å². The highest BCUT2D eigenvalue weighted by atomic mass is 32.2. The third kappa shape index (κ3) is 5.90. The maximum atomic E-state index is 12.6. The lowest BCUT2D eigenvalue weighted by molar-refractivity contribution is -0.127. The molecule has 0 radical (unpaired) electrons. The Morgan fingerprint density at radius 1 is 1.24 bits per heavy atom. The van der Waals surface area contributed by atoms with Crippen molar-refractivity contribution in [3.63, 3.8) is 0 Å². The Morgan fingerprint density at radius 3 is 2.79 bits per heavy atom. The highest BCUT2D eigenvalue weighted by molar-refractivity contribution is 7.98. The molecule has 3 rings (SSSR count). The molecule has 2 aromatic rings. The largest absolute Gasteiger partial charge is 0.478 e. The maximum Gasteiger partial charge on any atom is 0.261 e. The Kier molecular flexibility index (Phi) is 7.08. The predicted molar refractivity (Wildman–Crippen MR) is 118 cm³/mol. The molecule has 0 fully saturated rings. The van der Waals surface area contributed by atoms with Crippen LogP contribution in [-0.4, -0.2) is 45.5 Å². The molecule has 0 aliphatic carbocycles. The van der Waals surface area contributed by atoms with Crippen LogP contribution in [-0.2, 0) is 20.6 Å². The van der Waals surface area contributed by atoms with Gasteiger partial charge in [0.05, 0.1) is 11.9 Å². The van der Waals surface area contributed by atoms with E-state index in [-0.39, 0.29) is 12.5 Å². The minimum atomic E-state index is -3.45. The molecule has 0 spiro atoms. The number of hydrogen-bond donors (Lipinski definition) is 1. The molecule has 2 aromatic carbocycles. The zero-order valence-corrected chi connectivity index (χ0v) is 18.3. The number of nitrogens with one attached hydrogen (secondary N) is 1. The van der Waals surface area contributed by atoms with Gasteiger partial charge in [-0.15, -0.1) is 0 Å². The van der Waals surface area contributed by atoms with Crippen LogP contribution >= 0.6 is 11.8 Å². The number of fused-ring (bicyclic) bond motifs is 1. The van der Waals surface area contributed by atoms with Gasteiger partial charge >= 0.3 is 0 Å². The van der Waals surface area contributed by atoms with Gasteiger partial charge in [-0.05, 0) is 24.6 Å². The van der Waals surface area contributed by atoms with E-state index in [1.54, 1.807) is 36.0 Å². The summed E-state index contributed by atoms with van der Waals surface area (Å²) in [6.07, 6.45) is 0.740. The minimum Gasteiger partial charge on any atom is -0.478 e. The highest BCUT2D eigenvalue weighted by Crippen LogP contribution is 2.33. The van der Waals surface area contributed by atoms with Crippen molar-refractivity contribution in [1.82, 2.24) is 5.32 Å². The van der Waals surface area contributed by atoms with Gasteiger partial charge in [-0.3, -0.25) is 9.10 Å². The number of aryl methyl sites for hydroxylation is 1. The summed E-state index contributed by atoms with van der Waals surface area (Å²) in [5, 5.41) is 2.91. The average molecular weight is 435 g/mol. The molecule has 1 heterocycles. The maximum absolute atomic E-state index is 12.6. The van der Waals surface area contributed by atoms with Gasteiger partial charge in [-0.1, -0.05) is 42.0 Å². The van der Waals surface area contributed by atoms with Gasteiger partial charge in [0, 0.05) is 31.0 Å². The standard InChI is InChI=1S/C21H26N2O4S2/c1-16-6-5-7-17(14-16)15-28-13-11-22-21(24)20-10-12-23(29(2,25)26)18-8-3-4-9-19(18)27-20/h3-9,14,20H,10-13,15H2,1-2H3,(H,22,24)/t20-/m0/s1. The summed E-state index contributed by atoms with van der Waals surface area (Å²) in [6.45, 7) is 2.81. The van der Waals surface area contributed by atoms with Gasteiger partial charge in [-0.2, -0.15) is 11.8 Å². The minimum absolute atomic E-state index is 0.204. The van der Waals surface area contributed by atoms with Crippen molar-refractivity contribution in [2.75, 3.05) is 29.4 Å². The smallest absolute Gasteiger partial charge is 0.261 e. The zero-order chi connectivity index (χ0) is 20.9. The van der Waals surface area contributed by atoms with Crippen molar-refractivity contribution < 1.29 is 17.9 Å². The molecule has 8 heteroatoms. The highest BCUT2D eigenvalue weighted by Gasteiger charge is 2.30. The topological polar surface area (TPSA) is 75.7 Å². The molecule has 0 aromatic heterocycles. The number of anilines is 1. The van der Waals surface area contributed by atoms with Crippen molar-refractivity contribution in [2.24, 2.45) is 0 Å². The van der Waals surface area contributed by atoms with Crippen LogP contribution in [0.1, 0.15) is 17.5 Å². The number of rotatable bonds is 7. The second kappa shape index (κ2) is 9.54. The predicted octanol–water partition coefficient (Wildman–Crippen LogP) is 2.96. The van der Waals surface area contributed by atoms with E-state index in [1.807, 2.05) is 6.07 Å². The lowest BCUT2D eigenvalue weighted by Crippen LogP contribution is -2.40. The van der Waals surface area contributed by atoms with Crippen LogP contribution < -0.4 is 14.4 Å². The van der Waals surface area contributed by atoms with Gasteiger partial charge < -0.3 is 10.1 Å². The van der Waals surface area contributed by atoms with Crippen LogP contribution in [0.2, 0.25) is 0 Å². The summed E-state index contributed by atoms with van der Waals surface area (Å²) in [4.78, 5) is 12.6. The molecule has 1 aliphatic heterocycles. The first-order valence-electron chi connectivity index (χ1n) is 9.49. The molecule has 0 bridgehead atoms. The normalized spacial score (nSPS) is 16.5. The van der Waals surface area contributed by atoms with Gasteiger partial charge in [0.1, 0.15) is 5.75 Å². The summed E-state index contributed by atoms with van der Waals surface area (Å²) >= 11 is 1.76. The molecule has 1 atom stereocenters. The van der Waals surface area contributed by atoms with E-state index in [1.165, 1.54) is 15.4 Å². The molecule has 1 amide bonds. The Bertz CT molecular complexity index is 963. The number of benzene rings is 2. The second-order valence-electron chi connectivity index (χ2n) is 7.03. The second-order valence-corrected chi connectivity index (χ2v) is 10.0. The summed E-state index contributed by atoms with van der Waals surface area (Å²) in [5.41, 5.74) is 2.98. The first kappa shape index (κ1) is 21.5. The number of nitrogens with zero attached hydrogens (tertiary/aromatic N) is 1. The van der Waals surface area contributed by atoms with Gasteiger partial charge in [0.25, 0.3) is 5.91 Å². The van der Waals surface area contributed by atoms with Crippen molar-refractivity contribution in [1.29, 1.82) is 0 Å². The van der Waals surface area contributed by atoms with Crippen molar-refractivity contribution >= 4 is 33.4 Å². The molecule has 0 saturated carbocycles. The quantitative estimate of drug-likeness (QED) is 0.678. The third-order valence-corrected chi connectivity index (χ3v) is 6.80. The molecule has 0 unspecified atom stereocenters. The number of sulfonamides is 1.